The standard InChI is InChI=1S/C22H21FN4O4/c1-22(16-7-4-14(11-24)5-8-16)20(29)27(21(30)25-22)13-19(28)26(2)12-15-6-9-18(31-3)17(23)10-15/h4-10H,12-13H2,1-3H3,(H,25,30)/t22-/m1/s1. The van der Waals surface area contributed by atoms with E-state index in [1.54, 1.807) is 37.3 Å². The predicted molar refractivity (Wildman–Crippen MR) is 108 cm³/mol. The number of rotatable bonds is 6. The molecular formula is C22H21FN4O4. The Bertz CT molecular complexity index is 1080. The van der Waals surface area contributed by atoms with Gasteiger partial charge in [0.05, 0.1) is 18.7 Å². The van der Waals surface area contributed by atoms with Gasteiger partial charge in [-0.05, 0) is 42.3 Å². The van der Waals surface area contributed by atoms with Gasteiger partial charge in [-0.3, -0.25) is 14.5 Å². The van der Waals surface area contributed by atoms with Gasteiger partial charge in [-0.2, -0.15) is 5.26 Å². The summed E-state index contributed by atoms with van der Waals surface area (Å²) in [6, 6.07) is 11.9. The van der Waals surface area contributed by atoms with Gasteiger partial charge < -0.3 is 15.0 Å². The molecule has 2 aromatic carbocycles. The largest absolute Gasteiger partial charge is 0.494 e. The van der Waals surface area contributed by atoms with Crippen LogP contribution < -0.4 is 10.1 Å². The highest BCUT2D eigenvalue weighted by atomic mass is 19.1. The van der Waals surface area contributed by atoms with E-state index in [-0.39, 0.29) is 12.3 Å². The van der Waals surface area contributed by atoms with Gasteiger partial charge >= 0.3 is 6.03 Å². The summed E-state index contributed by atoms with van der Waals surface area (Å²) in [5.74, 6) is -1.50. The Morgan fingerprint density at radius 2 is 1.94 bits per heavy atom. The lowest BCUT2D eigenvalue weighted by molar-refractivity contribution is -0.138. The van der Waals surface area contributed by atoms with Crippen molar-refractivity contribution in [2.45, 2.75) is 19.0 Å². The number of nitrogens with one attached hydrogen (secondary N) is 1. The fourth-order valence-corrected chi connectivity index (χ4v) is 3.34. The van der Waals surface area contributed by atoms with Crippen molar-refractivity contribution in [2.75, 3.05) is 20.7 Å². The number of methoxy groups -OCH3 is 1. The van der Waals surface area contributed by atoms with Crippen LogP contribution in [0.25, 0.3) is 0 Å². The first-order valence-electron chi connectivity index (χ1n) is 9.40. The van der Waals surface area contributed by atoms with Crippen LogP contribution in [0.5, 0.6) is 5.75 Å². The van der Waals surface area contributed by atoms with Gasteiger partial charge in [-0.1, -0.05) is 18.2 Å². The van der Waals surface area contributed by atoms with Crippen LogP contribution in [0.15, 0.2) is 42.5 Å². The van der Waals surface area contributed by atoms with E-state index in [9.17, 15) is 18.8 Å². The first-order chi connectivity index (χ1) is 14.7. The number of urea groups is 1. The zero-order chi connectivity index (χ0) is 22.8. The molecule has 0 saturated carbocycles. The fraction of sp³-hybridized carbons (Fsp3) is 0.273. The Morgan fingerprint density at radius 1 is 1.26 bits per heavy atom. The highest BCUT2D eigenvalue weighted by molar-refractivity contribution is 6.09. The predicted octanol–water partition coefficient (Wildman–Crippen LogP) is 2.13. The Labute approximate surface area is 178 Å². The summed E-state index contributed by atoms with van der Waals surface area (Å²) >= 11 is 0. The SMILES string of the molecule is COc1ccc(CN(C)C(=O)CN2C(=O)N[C@](C)(c3ccc(C#N)cc3)C2=O)cc1F. The van der Waals surface area contributed by atoms with Crippen LogP contribution in [0.3, 0.4) is 0 Å². The first-order valence-corrected chi connectivity index (χ1v) is 9.40. The molecule has 31 heavy (non-hydrogen) atoms. The van der Waals surface area contributed by atoms with Crippen molar-refractivity contribution in [2.24, 2.45) is 0 Å². The Balaban J connectivity index is 1.70. The summed E-state index contributed by atoms with van der Waals surface area (Å²) in [7, 11) is 2.86. The number of hydrogen-bond donors (Lipinski definition) is 1. The molecule has 0 radical (unpaired) electrons. The summed E-state index contributed by atoms with van der Waals surface area (Å²) in [5, 5.41) is 11.5. The average molecular weight is 424 g/mol. The third-order valence-corrected chi connectivity index (χ3v) is 5.22. The second-order valence-electron chi connectivity index (χ2n) is 7.35. The molecule has 1 fully saturated rings. The Morgan fingerprint density at radius 3 is 2.52 bits per heavy atom. The Hall–Kier alpha value is -3.93. The average Bonchev–Trinajstić information content (AvgIpc) is 2.97. The number of halogens is 1. The van der Waals surface area contributed by atoms with E-state index in [0.717, 1.165) is 4.90 Å². The molecule has 0 aromatic heterocycles. The summed E-state index contributed by atoms with van der Waals surface area (Å²) in [6.45, 7) is 1.19. The van der Waals surface area contributed by atoms with E-state index < -0.39 is 35.7 Å². The smallest absolute Gasteiger partial charge is 0.325 e. The molecule has 9 heteroatoms. The maximum absolute atomic E-state index is 13.9. The van der Waals surface area contributed by atoms with E-state index >= 15 is 0 Å². The number of imide groups is 1. The molecule has 160 valence electrons. The minimum absolute atomic E-state index is 0.0935. The molecule has 0 spiro atoms. The number of amides is 4. The molecule has 2 aromatic rings. The van der Waals surface area contributed by atoms with E-state index in [1.165, 1.54) is 31.2 Å². The zero-order valence-corrected chi connectivity index (χ0v) is 17.3. The molecule has 1 saturated heterocycles. The van der Waals surface area contributed by atoms with Gasteiger partial charge in [0.1, 0.15) is 12.1 Å². The number of nitriles is 1. The lowest BCUT2D eigenvalue weighted by atomic mass is 9.91. The maximum Gasteiger partial charge on any atom is 0.325 e. The van der Waals surface area contributed by atoms with Crippen LogP contribution in [-0.2, 0) is 21.7 Å². The van der Waals surface area contributed by atoms with Crippen LogP contribution in [0.1, 0.15) is 23.6 Å². The maximum atomic E-state index is 13.9. The number of nitrogens with zero attached hydrogens (tertiary/aromatic N) is 3. The van der Waals surface area contributed by atoms with E-state index in [4.69, 9.17) is 10.00 Å². The third-order valence-electron chi connectivity index (χ3n) is 5.22. The molecular weight excluding hydrogens is 403 g/mol. The van der Waals surface area contributed by atoms with E-state index in [0.29, 0.717) is 16.7 Å². The van der Waals surface area contributed by atoms with Crippen molar-refractivity contribution < 1.29 is 23.5 Å². The molecule has 0 aliphatic carbocycles. The molecule has 1 atom stereocenters. The molecule has 0 unspecified atom stereocenters. The minimum Gasteiger partial charge on any atom is -0.494 e. The van der Waals surface area contributed by atoms with Crippen molar-refractivity contribution in [3.63, 3.8) is 0 Å². The zero-order valence-electron chi connectivity index (χ0n) is 17.3. The molecule has 1 N–H and O–H groups in total. The van der Waals surface area contributed by atoms with Crippen LogP contribution >= 0.6 is 0 Å². The van der Waals surface area contributed by atoms with Crippen LogP contribution in [-0.4, -0.2) is 48.3 Å². The second kappa shape index (κ2) is 8.44. The van der Waals surface area contributed by atoms with Crippen LogP contribution in [0.4, 0.5) is 9.18 Å². The van der Waals surface area contributed by atoms with Crippen LogP contribution in [0.2, 0.25) is 0 Å². The Kier molecular flexibility index (Phi) is 5.92. The topological polar surface area (TPSA) is 103 Å². The molecule has 1 heterocycles. The van der Waals surface area contributed by atoms with Crippen molar-refractivity contribution >= 4 is 17.8 Å². The van der Waals surface area contributed by atoms with Gasteiger partial charge in [-0.25, -0.2) is 9.18 Å². The van der Waals surface area contributed by atoms with Crippen molar-refractivity contribution in [1.29, 1.82) is 5.26 Å². The third kappa shape index (κ3) is 4.19. The molecule has 1 aliphatic heterocycles. The first kappa shape index (κ1) is 21.8. The van der Waals surface area contributed by atoms with Crippen molar-refractivity contribution in [3.8, 4) is 11.8 Å². The second-order valence-corrected chi connectivity index (χ2v) is 7.35. The number of benzene rings is 2. The molecule has 1 aliphatic rings. The van der Waals surface area contributed by atoms with E-state index in [1.807, 2.05) is 6.07 Å². The van der Waals surface area contributed by atoms with Crippen molar-refractivity contribution in [1.82, 2.24) is 15.1 Å². The van der Waals surface area contributed by atoms with Gasteiger partial charge in [-0.15, -0.1) is 0 Å². The summed E-state index contributed by atoms with van der Waals surface area (Å²) in [6.07, 6.45) is 0. The summed E-state index contributed by atoms with van der Waals surface area (Å²) < 4.78 is 18.7. The number of carbonyl (C=O) groups is 3. The molecule has 4 amide bonds. The molecule has 0 bridgehead atoms. The van der Waals surface area contributed by atoms with Crippen LogP contribution in [0, 0.1) is 17.1 Å². The number of hydrogen-bond acceptors (Lipinski definition) is 5. The summed E-state index contributed by atoms with van der Waals surface area (Å²) in [4.78, 5) is 40.2. The monoisotopic (exact) mass is 424 g/mol. The molecule has 8 nitrogen and oxygen atoms in total. The highest BCUT2D eigenvalue weighted by Gasteiger charge is 2.49. The lowest BCUT2D eigenvalue weighted by Crippen LogP contribution is -2.43. The number of ether oxygens (including phenoxy) is 1. The number of carbonyl (C=O) groups excluding carboxylic acids is 3. The quantitative estimate of drug-likeness (QED) is 0.716. The normalized spacial score (nSPS) is 17.8. The van der Waals surface area contributed by atoms with Crippen molar-refractivity contribution in [3.05, 3.63) is 65.0 Å². The van der Waals surface area contributed by atoms with Gasteiger partial charge in [0, 0.05) is 13.6 Å². The van der Waals surface area contributed by atoms with E-state index in [2.05, 4.69) is 5.32 Å². The highest BCUT2D eigenvalue weighted by Crippen LogP contribution is 2.29. The lowest BCUT2D eigenvalue weighted by Gasteiger charge is -2.23. The minimum atomic E-state index is -1.34. The summed E-state index contributed by atoms with van der Waals surface area (Å²) in [5.41, 5.74) is 0.117. The number of likely N-dealkylation sites (N-methyl/N-ethyl adjacent to an activating group) is 1. The molecule has 3 rings (SSSR count). The van der Waals surface area contributed by atoms with Gasteiger partial charge in [0.2, 0.25) is 5.91 Å². The fourth-order valence-electron chi connectivity index (χ4n) is 3.34. The van der Waals surface area contributed by atoms with Gasteiger partial charge in [0.15, 0.2) is 11.6 Å². The van der Waals surface area contributed by atoms with Gasteiger partial charge in [0.25, 0.3) is 5.91 Å².